The molecule has 1 rings (SSSR count). The van der Waals surface area contributed by atoms with Gasteiger partial charge < -0.3 is 0 Å². The van der Waals surface area contributed by atoms with Gasteiger partial charge in [-0.3, -0.25) is 0 Å². The Kier molecular flexibility index (Phi) is 4.52. The van der Waals surface area contributed by atoms with Crippen LogP contribution in [0.4, 0.5) is 0 Å². The molecular weight excluding hydrogens is 274 g/mol. The summed E-state index contributed by atoms with van der Waals surface area (Å²) in [6, 6.07) is 6.22. The summed E-state index contributed by atoms with van der Waals surface area (Å²) in [4.78, 5) is -0.0556. The van der Waals surface area contributed by atoms with Gasteiger partial charge in [-0.05, 0) is 30.0 Å². The van der Waals surface area contributed by atoms with Crippen molar-refractivity contribution in [1.29, 1.82) is 0 Å². The van der Waals surface area contributed by atoms with Crippen molar-refractivity contribution in [3.8, 4) is 0 Å². The molecule has 0 aliphatic heterocycles. The van der Waals surface area contributed by atoms with Crippen molar-refractivity contribution in [2.24, 2.45) is 0 Å². The van der Waals surface area contributed by atoms with Gasteiger partial charge >= 0.3 is 0 Å². The molecule has 1 aromatic rings. The van der Waals surface area contributed by atoms with Crippen molar-refractivity contribution >= 4 is 20.0 Å². The fourth-order valence-electron chi connectivity index (χ4n) is 1.46. The van der Waals surface area contributed by atoms with Crippen molar-refractivity contribution in [2.75, 3.05) is 6.26 Å². The molecular formula is C11H17NO4S2. The topological polar surface area (TPSA) is 80.3 Å². The number of hydrogen-bond donors (Lipinski definition) is 1. The van der Waals surface area contributed by atoms with Gasteiger partial charge in [-0.2, -0.15) is 0 Å². The lowest BCUT2D eigenvalue weighted by Crippen LogP contribution is -2.29. The van der Waals surface area contributed by atoms with Crippen LogP contribution in [0.5, 0.6) is 0 Å². The summed E-state index contributed by atoms with van der Waals surface area (Å²) in [7, 11) is -7.80. The predicted molar refractivity (Wildman–Crippen MR) is 70.3 cm³/mol. The van der Waals surface area contributed by atoms with Crippen molar-refractivity contribution in [1.82, 2.24) is 4.13 Å². The summed E-state index contributed by atoms with van der Waals surface area (Å²) in [6.45, 7) is 4.08. The second kappa shape index (κ2) is 5.38. The Morgan fingerprint density at radius 3 is 2.00 bits per heavy atom. The SMILES string of the molecule is CCC(C)c1ccc(S(=O)(=O)NS(C)(=O)=O)cc1. The third kappa shape index (κ3) is 4.08. The van der Waals surface area contributed by atoms with Gasteiger partial charge in [-0.1, -0.05) is 26.0 Å². The highest BCUT2D eigenvalue weighted by Crippen LogP contribution is 2.20. The molecule has 0 bridgehead atoms. The van der Waals surface area contributed by atoms with Crippen LogP contribution in [-0.4, -0.2) is 23.1 Å². The Bertz CT molecular complexity index is 603. The van der Waals surface area contributed by atoms with Gasteiger partial charge in [0.1, 0.15) is 0 Å². The number of sulfonamides is 2. The quantitative estimate of drug-likeness (QED) is 0.890. The number of hydrogen-bond acceptors (Lipinski definition) is 4. The van der Waals surface area contributed by atoms with Gasteiger partial charge in [0.15, 0.2) is 0 Å². The van der Waals surface area contributed by atoms with Gasteiger partial charge in [0.2, 0.25) is 10.0 Å². The van der Waals surface area contributed by atoms with E-state index in [1.165, 1.54) is 12.1 Å². The maximum atomic E-state index is 11.7. The van der Waals surface area contributed by atoms with E-state index >= 15 is 0 Å². The van der Waals surface area contributed by atoms with Crippen LogP contribution in [0.3, 0.4) is 0 Å². The standard InChI is InChI=1S/C11H17NO4S2/c1-4-9(2)10-5-7-11(8-6-10)18(15,16)12-17(3,13)14/h5-9,12H,4H2,1-3H3. The summed E-state index contributed by atoms with van der Waals surface area (Å²) < 4.78 is 46.9. The Labute approximate surface area is 108 Å². The summed E-state index contributed by atoms with van der Waals surface area (Å²) in [6.07, 6.45) is 1.76. The maximum Gasteiger partial charge on any atom is 0.253 e. The zero-order chi connectivity index (χ0) is 14.0. The lowest BCUT2D eigenvalue weighted by Gasteiger charge is -2.10. The molecule has 0 saturated heterocycles. The zero-order valence-electron chi connectivity index (χ0n) is 10.5. The molecule has 0 amide bonds. The highest BCUT2D eigenvalue weighted by atomic mass is 32.3. The van der Waals surface area contributed by atoms with Crippen LogP contribution in [0.15, 0.2) is 29.2 Å². The van der Waals surface area contributed by atoms with E-state index in [0.29, 0.717) is 5.92 Å². The van der Waals surface area contributed by atoms with Crippen molar-refractivity contribution in [3.63, 3.8) is 0 Å². The zero-order valence-corrected chi connectivity index (χ0v) is 12.2. The van der Waals surface area contributed by atoms with Gasteiger partial charge in [-0.25, -0.2) is 16.8 Å². The first kappa shape index (κ1) is 15.1. The molecule has 0 heterocycles. The minimum Gasteiger partial charge on any atom is -0.212 e. The molecule has 1 unspecified atom stereocenters. The lowest BCUT2D eigenvalue weighted by atomic mass is 9.99. The van der Waals surface area contributed by atoms with Crippen molar-refractivity contribution in [3.05, 3.63) is 29.8 Å². The van der Waals surface area contributed by atoms with Crippen LogP contribution in [0.2, 0.25) is 0 Å². The Balaban J connectivity index is 3.05. The van der Waals surface area contributed by atoms with Crippen molar-refractivity contribution in [2.45, 2.75) is 31.1 Å². The largest absolute Gasteiger partial charge is 0.253 e. The monoisotopic (exact) mass is 291 g/mol. The first-order valence-corrected chi connectivity index (χ1v) is 8.86. The molecule has 0 aliphatic carbocycles. The van der Waals surface area contributed by atoms with Crippen LogP contribution in [0, 0.1) is 0 Å². The number of benzene rings is 1. The third-order valence-electron chi connectivity index (χ3n) is 2.63. The molecule has 0 fully saturated rings. The number of nitrogens with one attached hydrogen (secondary N) is 1. The van der Waals surface area contributed by atoms with E-state index in [4.69, 9.17) is 0 Å². The molecule has 0 radical (unpaired) electrons. The van der Waals surface area contributed by atoms with Crippen molar-refractivity contribution < 1.29 is 16.8 Å². The molecule has 5 nitrogen and oxygen atoms in total. The minimum absolute atomic E-state index is 0.0556. The van der Waals surface area contributed by atoms with Gasteiger partial charge in [-0.15, -0.1) is 4.13 Å². The molecule has 7 heteroatoms. The summed E-state index contributed by atoms with van der Waals surface area (Å²) in [5.41, 5.74) is 1.02. The first-order chi connectivity index (χ1) is 8.15. The molecule has 102 valence electrons. The van der Waals surface area contributed by atoms with Crippen LogP contribution < -0.4 is 4.13 Å². The van der Waals surface area contributed by atoms with E-state index in [2.05, 4.69) is 0 Å². The first-order valence-electron chi connectivity index (χ1n) is 5.49. The van der Waals surface area contributed by atoms with E-state index in [1.54, 1.807) is 16.3 Å². The average Bonchev–Trinajstić information content (AvgIpc) is 2.25. The number of rotatable bonds is 5. The highest BCUT2D eigenvalue weighted by molar-refractivity contribution is 8.04. The van der Waals surface area contributed by atoms with Crippen LogP contribution in [0.25, 0.3) is 0 Å². The van der Waals surface area contributed by atoms with E-state index < -0.39 is 20.0 Å². The smallest absolute Gasteiger partial charge is 0.212 e. The van der Waals surface area contributed by atoms with E-state index in [0.717, 1.165) is 18.2 Å². The summed E-state index contributed by atoms with van der Waals surface area (Å²) in [5.74, 6) is 0.338. The second-order valence-electron chi connectivity index (χ2n) is 4.24. The Morgan fingerprint density at radius 2 is 1.61 bits per heavy atom. The Hall–Kier alpha value is -0.920. The predicted octanol–water partition coefficient (Wildman–Crippen LogP) is 1.44. The molecule has 0 aromatic heterocycles. The van der Waals surface area contributed by atoms with E-state index in [1.807, 2.05) is 13.8 Å². The molecule has 0 saturated carbocycles. The summed E-state index contributed by atoms with van der Waals surface area (Å²) >= 11 is 0. The summed E-state index contributed by atoms with van der Waals surface area (Å²) in [5, 5.41) is 0. The molecule has 0 spiro atoms. The normalized spacial score (nSPS) is 14.4. The minimum atomic E-state index is -4.01. The highest BCUT2D eigenvalue weighted by Gasteiger charge is 2.19. The van der Waals surface area contributed by atoms with Crippen LogP contribution >= 0.6 is 0 Å². The molecule has 1 N–H and O–H groups in total. The average molecular weight is 291 g/mol. The van der Waals surface area contributed by atoms with Crippen LogP contribution in [0.1, 0.15) is 31.7 Å². The fraction of sp³-hybridized carbons (Fsp3) is 0.455. The fourth-order valence-corrected chi connectivity index (χ4v) is 3.93. The molecule has 1 aromatic carbocycles. The van der Waals surface area contributed by atoms with Gasteiger partial charge in [0.05, 0.1) is 11.2 Å². The third-order valence-corrected chi connectivity index (χ3v) is 5.61. The molecule has 18 heavy (non-hydrogen) atoms. The second-order valence-corrected chi connectivity index (χ2v) is 7.93. The Morgan fingerprint density at radius 1 is 1.11 bits per heavy atom. The lowest BCUT2D eigenvalue weighted by molar-refractivity contribution is 0.580. The van der Waals surface area contributed by atoms with E-state index in [-0.39, 0.29) is 4.90 Å². The maximum absolute atomic E-state index is 11.7. The molecule has 1 atom stereocenters. The van der Waals surface area contributed by atoms with E-state index in [9.17, 15) is 16.8 Å². The van der Waals surface area contributed by atoms with Gasteiger partial charge in [0, 0.05) is 0 Å². The van der Waals surface area contributed by atoms with Crippen LogP contribution in [-0.2, 0) is 20.0 Å². The van der Waals surface area contributed by atoms with Gasteiger partial charge in [0.25, 0.3) is 10.0 Å². The molecule has 0 aliphatic rings.